The number of anilines is 1. The third-order valence-electron chi connectivity index (χ3n) is 5.12. The van der Waals surface area contributed by atoms with Gasteiger partial charge < -0.3 is 5.73 Å². The Kier molecular flexibility index (Phi) is 4.98. The van der Waals surface area contributed by atoms with E-state index in [4.69, 9.17) is 27.3 Å². The molecule has 32 heavy (non-hydrogen) atoms. The van der Waals surface area contributed by atoms with Crippen LogP contribution in [0.1, 0.15) is 11.3 Å². The molecule has 0 unspecified atom stereocenters. The molecule has 0 aliphatic carbocycles. The third-order valence-corrected chi connectivity index (χ3v) is 5.43. The molecule has 5 rings (SSSR count). The van der Waals surface area contributed by atoms with Gasteiger partial charge >= 0.3 is 0 Å². The number of pyridine rings is 3. The second-order valence-electron chi connectivity index (χ2n) is 7.06. The van der Waals surface area contributed by atoms with Gasteiger partial charge in [-0.1, -0.05) is 12.1 Å². The number of nitriles is 1. The van der Waals surface area contributed by atoms with Crippen molar-refractivity contribution in [3.05, 3.63) is 84.3 Å². The first-order valence-corrected chi connectivity index (χ1v) is 10.3. The molecule has 4 heterocycles. The molecule has 0 atom stereocenters. The van der Waals surface area contributed by atoms with E-state index in [0.29, 0.717) is 51.2 Å². The number of nitrogen functional groups attached to an aromatic ring is 1. The van der Waals surface area contributed by atoms with Crippen LogP contribution in [0.2, 0.25) is 0 Å². The zero-order chi connectivity index (χ0) is 22.1. The van der Waals surface area contributed by atoms with Gasteiger partial charge in [0.1, 0.15) is 23.1 Å². The highest BCUT2D eigenvalue weighted by Crippen LogP contribution is 2.32. The Labute approximate surface area is 188 Å². The molecule has 7 nitrogen and oxygen atoms in total. The molecule has 0 saturated heterocycles. The Morgan fingerprint density at radius 2 is 1.66 bits per heavy atom. The lowest BCUT2D eigenvalue weighted by Gasteiger charge is -2.11. The van der Waals surface area contributed by atoms with Gasteiger partial charge in [0.2, 0.25) is 0 Å². The van der Waals surface area contributed by atoms with Crippen molar-refractivity contribution in [2.45, 2.75) is 5.88 Å². The standard InChI is InChI=1S/C24H16ClN7/c25-13-15-5-7-16(8-6-15)32-23(18-4-2-12-29-22(18)27)31-20-10-9-19(30-24(20)32)17-3-1-11-28-21(17)14-26/h1-12H,13H2,(H2,27,29). The Morgan fingerprint density at radius 1 is 0.906 bits per heavy atom. The van der Waals surface area contributed by atoms with Crippen LogP contribution in [0, 0.1) is 11.3 Å². The fourth-order valence-electron chi connectivity index (χ4n) is 3.57. The number of benzene rings is 1. The number of imidazole rings is 1. The second kappa shape index (κ2) is 8.10. The molecule has 0 bridgehead atoms. The highest BCUT2D eigenvalue weighted by Gasteiger charge is 2.19. The van der Waals surface area contributed by atoms with E-state index in [1.165, 1.54) is 0 Å². The molecule has 0 aliphatic rings. The fraction of sp³-hybridized carbons (Fsp3) is 0.0417. The summed E-state index contributed by atoms with van der Waals surface area (Å²) >= 11 is 5.98. The molecule has 2 N–H and O–H groups in total. The molecular weight excluding hydrogens is 422 g/mol. The summed E-state index contributed by atoms with van der Waals surface area (Å²) in [6, 6.07) is 21.0. The minimum absolute atomic E-state index is 0.314. The Balaban J connectivity index is 1.80. The SMILES string of the molecule is N#Cc1ncccc1-c1ccc2nc(-c3cccnc3N)n(-c3ccc(CCl)cc3)c2n1. The van der Waals surface area contributed by atoms with E-state index in [0.717, 1.165) is 11.3 Å². The van der Waals surface area contributed by atoms with Crippen LogP contribution in [-0.2, 0) is 5.88 Å². The third kappa shape index (κ3) is 3.33. The van der Waals surface area contributed by atoms with E-state index >= 15 is 0 Å². The fourth-order valence-corrected chi connectivity index (χ4v) is 3.75. The van der Waals surface area contributed by atoms with Crippen molar-refractivity contribution < 1.29 is 0 Å². The maximum absolute atomic E-state index is 9.47. The van der Waals surface area contributed by atoms with Crippen molar-refractivity contribution >= 4 is 28.6 Å². The van der Waals surface area contributed by atoms with Crippen molar-refractivity contribution in [1.82, 2.24) is 24.5 Å². The van der Waals surface area contributed by atoms with Crippen LogP contribution in [0.4, 0.5) is 5.82 Å². The molecular formula is C24H16ClN7. The molecule has 0 amide bonds. The van der Waals surface area contributed by atoms with E-state index in [1.54, 1.807) is 18.5 Å². The van der Waals surface area contributed by atoms with E-state index in [1.807, 2.05) is 59.2 Å². The van der Waals surface area contributed by atoms with Gasteiger partial charge in [-0.25, -0.2) is 19.9 Å². The number of nitrogens with zero attached hydrogens (tertiary/aromatic N) is 6. The predicted octanol–water partition coefficient (Wildman–Crippen LogP) is 4.74. The normalized spacial score (nSPS) is 10.9. The summed E-state index contributed by atoms with van der Waals surface area (Å²) in [6.07, 6.45) is 3.23. The quantitative estimate of drug-likeness (QED) is 0.407. The summed E-state index contributed by atoms with van der Waals surface area (Å²) in [5, 5.41) is 9.47. The zero-order valence-electron chi connectivity index (χ0n) is 16.8. The topological polar surface area (TPSA) is 106 Å². The van der Waals surface area contributed by atoms with Crippen LogP contribution in [-0.4, -0.2) is 24.5 Å². The Hall–Kier alpha value is -4.28. The lowest BCUT2D eigenvalue weighted by atomic mass is 10.1. The summed E-state index contributed by atoms with van der Waals surface area (Å²) in [7, 11) is 0. The van der Waals surface area contributed by atoms with Crippen molar-refractivity contribution in [3.8, 4) is 34.4 Å². The minimum atomic E-state index is 0.314. The number of hydrogen-bond acceptors (Lipinski definition) is 6. The molecule has 0 aliphatic heterocycles. The number of halogens is 1. The van der Waals surface area contributed by atoms with Crippen LogP contribution in [0.3, 0.4) is 0 Å². The van der Waals surface area contributed by atoms with E-state index in [9.17, 15) is 5.26 Å². The molecule has 0 saturated carbocycles. The first-order chi connectivity index (χ1) is 15.7. The Bertz CT molecular complexity index is 1480. The number of nitrogens with two attached hydrogens (primary N) is 1. The minimum Gasteiger partial charge on any atom is -0.383 e. The molecule has 5 aromatic rings. The monoisotopic (exact) mass is 437 g/mol. The number of fused-ring (bicyclic) bond motifs is 1. The smallest absolute Gasteiger partial charge is 0.165 e. The van der Waals surface area contributed by atoms with Gasteiger partial charge in [-0.05, 0) is 54.1 Å². The highest BCUT2D eigenvalue weighted by molar-refractivity contribution is 6.17. The van der Waals surface area contributed by atoms with Gasteiger partial charge in [-0.15, -0.1) is 11.6 Å². The average molecular weight is 438 g/mol. The maximum atomic E-state index is 9.47. The Morgan fingerprint density at radius 3 is 2.38 bits per heavy atom. The summed E-state index contributed by atoms with van der Waals surface area (Å²) in [5.74, 6) is 1.43. The van der Waals surface area contributed by atoms with Gasteiger partial charge in [0, 0.05) is 29.5 Å². The molecule has 0 spiro atoms. The van der Waals surface area contributed by atoms with Crippen LogP contribution in [0.5, 0.6) is 0 Å². The van der Waals surface area contributed by atoms with Crippen LogP contribution >= 0.6 is 11.6 Å². The molecule has 154 valence electrons. The lowest BCUT2D eigenvalue weighted by Crippen LogP contribution is -2.02. The number of alkyl halides is 1. The summed E-state index contributed by atoms with van der Waals surface area (Å²) in [4.78, 5) is 18.1. The molecule has 4 aromatic heterocycles. The summed E-state index contributed by atoms with van der Waals surface area (Å²) < 4.78 is 1.94. The van der Waals surface area contributed by atoms with Gasteiger partial charge in [-0.3, -0.25) is 4.57 Å². The lowest BCUT2D eigenvalue weighted by molar-refractivity contribution is 1.07. The van der Waals surface area contributed by atoms with Crippen LogP contribution in [0.25, 0.3) is 39.5 Å². The van der Waals surface area contributed by atoms with Gasteiger partial charge in [0.15, 0.2) is 11.5 Å². The highest BCUT2D eigenvalue weighted by atomic mass is 35.5. The number of aromatic nitrogens is 5. The molecule has 8 heteroatoms. The maximum Gasteiger partial charge on any atom is 0.165 e. The van der Waals surface area contributed by atoms with Crippen molar-refractivity contribution in [1.29, 1.82) is 5.26 Å². The molecule has 1 aromatic carbocycles. The van der Waals surface area contributed by atoms with Gasteiger partial charge in [0.25, 0.3) is 0 Å². The summed E-state index contributed by atoms with van der Waals surface area (Å²) in [5.41, 5.74) is 11.7. The van der Waals surface area contributed by atoms with E-state index in [-0.39, 0.29) is 0 Å². The molecule has 0 fully saturated rings. The molecule has 0 radical (unpaired) electrons. The van der Waals surface area contributed by atoms with E-state index in [2.05, 4.69) is 16.0 Å². The second-order valence-corrected chi connectivity index (χ2v) is 7.32. The van der Waals surface area contributed by atoms with Gasteiger partial charge in [0.05, 0.1) is 11.3 Å². The summed E-state index contributed by atoms with van der Waals surface area (Å²) in [6.45, 7) is 0. The average Bonchev–Trinajstić information content (AvgIpc) is 3.22. The van der Waals surface area contributed by atoms with Crippen molar-refractivity contribution in [3.63, 3.8) is 0 Å². The van der Waals surface area contributed by atoms with Crippen molar-refractivity contribution in [2.24, 2.45) is 0 Å². The first-order valence-electron chi connectivity index (χ1n) is 9.80. The zero-order valence-corrected chi connectivity index (χ0v) is 17.5. The van der Waals surface area contributed by atoms with Gasteiger partial charge in [-0.2, -0.15) is 5.26 Å². The first kappa shape index (κ1) is 19.7. The predicted molar refractivity (Wildman–Crippen MR) is 124 cm³/mol. The number of rotatable bonds is 4. The van der Waals surface area contributed by atoms with Crippen LogP contribution < -0.4 is 5.73 Å². The number of hydrogen-bond donors (Lipinski definition) is 1. The van der Waals surface area contributed by atoms with E-state index < -0.39 is 0 Å². The largest absolute Gasteiger partial charge is 0.383 e. The van der Waals surface area contributed by atoms with Crippen LogP contribution in [0.15, 0.2) is 73.1 Å². The van der Waals surface area contributed by atoms with Crippen molar-refractivity contribution in [2.75, 3.05) is 5.73 Å².